The summed E-state index contributed by atoms with van der Waals surface area (Å²) in [6.45, 7) is 0.313. The molecule has 1 N–H and O–H groups in total. The molecule has 0 radical (unpaired) electrons. The van der Waals surface area contributed by atoms with Gasteiger partial charge in [0.2, 0.25) is 0 Å². The highest BCUT2D eigenvalue weighted by Gasteiger charge is 2.13. The first-order chi connectivity index (χ1) is 16.5. The topological polar surface area (TPSA) is 105 Å². The molecule has 0 aliphatic carbocycles. The van der Waals surface area contributed by atoms with Crippen LogP contribution in [-0.2, 0) is 11.4 Å². The molecule has 0 aromatic heterocycles. The van der Waals surface area contributed by atoms with Crippen molar-refractivity contribution in [2.45, 2.75) is 6.61 Å². The molecule has 0 atom stereocenters. The Labute approximate surface area is 195 Å². The predicted octanol–water partition coefficient (Wildman–Crippen LogP) is 5.87. The standard InChI is InChI=1S/C27H19N3O4/c28-17-22(27(31)29-23-11-6-12-24(16-23)30(32)33)15-20-8-2-4-14-26(20)34-18-21-10-5-9-19-7-1-3-13-25(19)21/h1-16H,18H2,(H,29,31)/b22-15+. The summed E-state index contributed by atoms with van der Waals surface area (Å²) in [5, 5.41) is 25.3. The van der Waals surface area contributed by atoms with Crippen LogP contribution < -0.4 is 10.1 Å². The van der Waals surface area contributed by atoms with Crippen molar-refractivity contribution in [2.24, 2.45) is 0 Å². The summed E-state index contributed by atoms with van der Waals surface area (Å²) < 4.78 is 6.06. The summed E-state index contributed by atoms with van der Waals surface area (Å²) in [4.78, 5) is 23.1. The van der Waals surface area contributed by atoms with Gasteiger partial charge in [-0.25, -0.2) is 0 Å². The van der Waals surface area contributed by atoms with Crippen molar-refractivity contribution in [1.82, 2.24) is 0 Å². The summed E-state index contributed by atoms with van der Waals surface area (Å²) in [7, 11) is 0. The minimum Gasteiger partial charge on any atom is -0.488 e. The van der Waals surface area contributed by atoms with Crippen molar-refractivity contribution in [3.63, 3.8) is 0 Å². The van der Waals surface area contributed by atoms with Gasteiger partial charge in [-0.15, -0.1) is 0 Å². The maximum absolute atomic E-state index is 12.7. The van der Waals surface area contributed by atoms with Crippen LogP contribution in [0.2, 0.25) is 0 Å². The Morgan fingerprint density at radius 1 is 1.00 bits per heavy atom. The molecular weight excluding hydrogens is 430 g/mol. The van der Waals surface area contributed by atoms with E-state index in [0.717, 1.165) is 16.3 Å². The molecule has 0 aliphatic heterocycles. The van der Waals surface area contributed by atoms with Gasteiger partial charge in [0, 0.05) is 23.4 Å². The van der Waals surface area contributed by atoms with Crippen LogP contribution in [-0.4, -0.2) is 10.8 Å². The fourth-order valence-electron chi connectivity index (χ4n) is 3.50. The van der Waals surface area contributed by atoms with Crippen LogP contribution in [0.15, 0.2) is 96.6 Å². The van der Waals surface area contributed by atoms with Gasteiger partial charge in [0.15, 0.2) is 0 Å². The van der Waals surface area contributed by atoms with Crippen molar-refractivity contribution in [1.29, 1.82) is 5.26 Å². The number of ether oxygens (including phenoxy) is 1. The first kappa shape index (κ1) is 22.2. The molecule has 7 nitrogen and oxygen atoms in total. The predicted molar refractivity (Wildman–Crippen MR) is 130 cm³/mol. The van der Waals surface area contributed by atoms with Gasteiger partial charge in [0.1, 0.15) is 24.0 Å². The fourth-order valence-corrected chi connectivity index (χ4v) is 3.50. The third kappa shape index (κ3) is 5.09. The number of amides is 1. The molecule has 0 unspecified atom stereocenters. The molecule has 4 rings (SSSR count). The minimum absolute atomic E-state index is 0.160. The van der Waals surface area contributed by atoms with Crippen LogP contribution in [0.1, 0.15) is 11.1 Å². The zero-order valence-corrected chi connectivity index (χ0v) is 18.0. The van der Waals surface area contributed by atoms with Crippen molar-refractivity contribution < 1.29 is 14.5 Å². The number of nitriles is 1. The maximum atomic E-state index is 12.7. The van der Waals surface area contributed by atoms with Gasteiger partial charge in [-0.1, -0.05) is 66.7 Å². The van der Waals surface area contributed by atoms with E-state index in [2.05, 4.69) is 5.32 Å². The van der Waals surface area contributed by atoms with Gasteiger partial charge in [-0.2, -0.15) is 5.26 Å². The van der Waals surface area contributed by atoms with E-state index in [0.29, 0.717) is 17.9 Å². The first-order valence-corrected chi connectivity index (χ1v) is 10.4. The van der Waals surface area contributed by atoms with Crippen molar-refractivity contribution in [2.75, 3.05) is 5.32 Å². The molecule has 166 valence electrons. The number of hydrogen-bond acceptors (Lipinski definition) is 5. The highest BCUT2D eigenvalue weighted by atomic mass is 16.6. The summed E-state index contributed by atoms with van der Waals surface area (Å²) in [6.07, 6.45) is 1.44. The number of nitro benzene ring substituents is 1. The molecule has 4 aromatic carbocycles. The van der Waals surface area contributed by atoms with E-state index in [-0.39, 0.29) is 16.9 Å². The summed E-state index contributed by atoms with van der Waals surface area (Å²) in [6, 6.07) is 28.5. The van der Waals surface area contributed by atoms with Crippen molar-refractivity contribution in [3.05, 3.63) is 118 Å². The molecule has 0 saturated heterocycles. The second-order valence-corrected chi connectivity index (χ2v) is 7.40. The molecule has 0 bridgehead atoms. The van der Waals surface area contributed by atoms with Crippen molar-refractivity contribution in [3.8, 4) is 11.8 Å². The van der Waals surface area contributed by atoms with Gasteiger partial charge >= 0.3 is 0 Å². The molecule has 7 heteroatoms. The summed E-state index contributed by atoms with van der Waals surface area (Å²) >= 11 is 0. The zero-order valence-electron chi connectivity index (χ0n) is 18.0. The average Bonchev–Trinajstić information content (AvgIpc) is 2.86. The molecular formula is C27H19N3O4. The van der Waals surface area contributed by atoms with Crippen LogP contribution in [0.25, 0.3) is 16.8 Å². The number of para-hydroxylation sites is 1. The lowest BCUT2D eigenvalue weighted by molar-refractivity contribution is -0.384. The molecule has 4 aromatic rings. The number of benzene rings is 4. The van der Waals surface area contributed by atoms with E-state index >= 15 is 0 Å². The van der Waals surface area contributed by atoms with Crippen LogP contribution >= 0.6 is 0 Å². The number of anilines is 1. The van der Waals surface area contributed by atoms with E-state index in [1.165, 1.54) is 30.3 Å². The normalized spacial score (nSPS) is 11.0. The van der Waals surface area contributed by atoms with Gasteiger partial charge in [-0.3, -0.25) is 14.9 Å². The largest absolute Gasteiger partial charge is 0.488 e. The van der Waals surface area contributed by atoms with Crippen LogP contribution in [0, 0.1) is 21.4 Å². The van der Waals surface area contributed by atoms with Gasteiger partial charge in [0.05, 0.1) is 4.92 Å². The van der Waals surface area contributed by atoms with E-state index < -0.39 is 10.8 Å². The molecule has 0 spiro atoms. The lowest BCUT2D eigenvalue weighted by Crippen LogP contribution is -2.13. The quantitative estimate of drug-likeness (QED) is 0.164. The Kier molecular flexibility index (Phi) is 6.61. The smallest absolute Gasteiger partial charge is 0.271 e. The van der Waals surface area contributed by atoms with Gasteiger partial charge in [-0.05, 0) is 34.5 Å². The van der Waals surface area contributed by atoms with E-state index in [1.54, 1.807) is 18.2 Å². The number of nitrogens with zero attached hydrogens (tertiary/aromatic N) is 2. The van der Waals surface area contributed by atoms with Crippen LogP contribution in [0.5, 0.6) is 5.75 Å². The number of hydrogen-bond donors (Lipinski definition) is 1. The molecule has 0 heterocycles. The summed E-state index contributed by atoms with van der Waals surface area (Å²) in [5.74, 6) is -0.154. The molecule has 0 aliphatic rings. The monoisotopic (exact) mass is 449 g/mol. The van der Waals surface area contributed by atoms with Gasteiger partial charge in [0.25, 0.3) is 11.6 Å². The SMILES string of the molecule is N#C/C(=C\c1ccccc1OCc1cccc2ccccc12)C(=O)Nc1cccc([N+](=O)[O-])c1. The molecule has 0 fully saturated rings. The Bertz CT molecular complexity index is 1450. The number of nitro groups is 1. The third-order valence-electron chi connectivity index (χ3n) is 5.16. The lowest BCUT2D eigenvalue weighted by Gasteiger charge is -2.12. The zero-order chi connectivity index (χ0) is 23.9. The first-order valence-electron chi connectivity index (χ1n) is 10.4. The summed E-state index contributed by atoms with van der Waals surface area (Å²) in [5.41, 5.74) is 1.48. The second-order valence-electron chi connectivity index (χ2n) is 7.40. The number of fused-ring (bicyclic) bond motifs is 1. The average molecular weight is 449 g/mol. The van der Waals surface area contributed by atoms with Crippen LogP contribution in [0.3, 0.4) is 0 Å². The van der Waals surface area contributed by atoms with Crippen LogP contribution in [0.4, 0.5) is 11.4 Å². The lowest BCUT2D eigenvalue weighted by atomic mass is 10.1. The third-order valence-corrected chi connectivity index (χ3v) is 5.16. The Morgan fingerprint density at radius 2 is 1.74 bits per heavy atom. The Morgan fingerprint density at radius 3 is 2.56 bits per heavy atom. The number of carbonyl (C=O) groups is 1. The van der Waals surface area contributed by atoms with Gasteiger partial charge < -0.3 is 10.1 Å². The second kappa shape index (κ2) is 10.1. The minimum atomic E-state index is -0.674. The number of rotatable bonds is 7. The molecule has 0 saturated carbocycles. The van der Waals surface area contributed by atoms with Crippen molar-refractivity contribution >= 4 is 34.1 Å². The molecule has 34 heavy (non-hydrogen) atoms. The highest BCUT2D eigenvalue weighted by Crippen LogP contribution is 2.25. The fraction of sp³-hybridized carbons (Fsp3) is 0.0370. The Hall–Kier alpha value is -4.96. The Balaban J connectivity index is 1.55. The van der Waals surface area contributed by atoms with E-state index in [4.69, 9.17) is 4.74 Å². The maximum Gasteiger partial charge on any atom is 0.271 e. The number of carbonyl (C=O) groups excluding carboxylic acids is 1. The van der Waals surface area contributed by atoms with E-state index in [9.17, 15) is 20.2 Å². The highest BCUT2D eigenvalue weighted by molar-refractivity contribution is 6.10. The number of nitrogens with one attached hydrogen (secondary N) is 1. The number of non-ortho nitro benzene ring substituents is 1. The molecule has 1 amide bonds. The van der Waals surface area contributed by atoms with E-state index in [1.807, 2.05) is 54.6 Å².